The van der Waals surface area contributed by atoms with Gasteiger partial charge in [-0.2, -0.15) is 0 Å². The van der Waals surface area contributed by atoms with Crippen molar-refractivity contribution >= 4 is 11.8 Å². The predicted molar refractivity (Wildman–Crippen MR) is 146 cm³/mol. The SMILES string of the molecule is COc1ccc(CCNC(=O)[C@@H](c2ccccc2)N(Cc2ccccc2)C(=O)Cc2ccccc2)cc1. The van der Waals surface area contributed by atoms with Gasteiger partial charge in [-0.15, -0.1) is 0 Å². The summed E-state index contributed by atoms with van der Waals surface area (Å²) in [5, 5.41) is 3.08. The first-order valence-electron chi connectivity index (χ1n) is 12.5. The minimum atomic E-state index is -0.756. The second kappa shape index (κ2) is 13.1. The lowest BCUT2D eigenvalue weighted by Gasteiger charge is -2.32. The first kappa shape index (κ1) is 25.7. The maximum Gasteiger partial charge on any atom is 0.247 e. The third-order valence-electron chi connectivity index (χ3n) is 6.26. The number of amides is 2. The molecule has 0 aliphatic carbocycles. The Morgan fingerprint density at radius 3 is 1.89 bits per heavy atom. The third-order valence-corrected chi connectivity index (χ3v) is 6.26. The van der Waals surface area contributed by atoms with Gasteiger partial charge in [0.15, 0.2) is 0 Å². The van der Waals surface area contributed by atoms with Gasteiger partial charge in [-0.25, -0.2) is 0 Å². The van der Waals surface area contributed by atoms with Gasteiger partial charge < -0.3 is 15.0 Å². The van der Waals surface area contributed by atoms with Crippen LogP contribution in [0.4, 0.5) is 0 Å². The van der Waals surface area contributed by atoms with E-state index in [1.54, 1.807) is 12.0 Å². The summed E-state index contributed by atoms with van der Waals surface area (Å²) in [7, 11) is 1.64. The van der Waals surface area contributed by atoms with E-state index in [9.17, 15) is 9.59 Å². The molecule has 0 saturated carbocycles. The molecular formula is C32H32N2O3. The Hall–Kier alpha value is -4.38. The summed E-state index contributed by atoms with van der Waals surface area (Å²) < 4.78 is 5.23. The van der Waals surface area contributed by atoms with Crippen LogP contribution in [0, 0.1) is 0 Å². The normalized spacial score (nSPS) is 11.4. The van der Waals surface area contributed by atoms with E-state index < -0.39 is 6.04 Å². The lowest BCUT2D eigenvalue weighted by Crippen LogP contribution is -2.44. The standard InChI is InChI=1S/C32H32N2O3/c1-37-29-19-17-25(18-20-29)21-22-33-32(36)31(28-15-9-4-10-16-28)34(24-27-13-7-3-8-14-27)30(35)23-26-11-5-2-6-12-26/h2-20,31H,21-24H2,1H3,(H,33,36)/t31-/m1/s1. The number of carbonyl (C=O) groups excluding carboxylic acids is 2. The van der Waals surface area contributed by atoms with E-state index >= 15 is 0 Å². The van der Waals surface area contributed by atoms with Crippen LogP contribution in [0.25, 0.3) is 0 Å². The highest BCUT2D eigenvalue weighted by atomic mass is 16.5. The van der Waals surface area contributed by atoms with E-state index in [1.807, 2.05) is 115 Å². The molecule has 0 bridgehead atoms. The molecule has 0 aliphatic rings. The van der Waals surface area contributed by atoms with Crippen molar-refractivity contribution in [3.05, 3.63) is 138 Å². The minimum Gasteiger partial charge on any atom is -0.497 e. The Bertz CT molecular complexity index is 1260. The second-order valence-electron chi connectivity index (χ2n) is 8.87. The summed E-state index contributed by atoms with van der Waals surface area (Å²) in [4.78, 5) is 29.1. The Morgan fingerprint density at radius 1 is 0.730 bits per heavy atom. The van der Waals surface area contributed by atoms with Crippen LogP contribution in [0.1, 0.15) is 28.3 Å². The van der Waals surface area contributed by atoms with E-state index in [2.05, 4.69) is 5.32 Å². The van der Waals surface area contributed by atoms with Gasteiger partial charge in [0, 0.05) is 13.1 Å². The van der Waals surface area contributed by atoms with E-state index in [1.165, 1.54) is 0 Å². The molecule has 0 heterocycles. The maximum absolute atomic E-state index is 13.7. The number of nitrogens with one attached hydrogen (secondary N) is 1. The average molecular weight is 493 g/mol. The number of nitrogens with zero attached hydrogens (tertiary/aromatic N) is 1. The lowest BCUT2D eigenvalue weighted by molar-refractivity contribution is -0.141. The number of benzene rings is 4. The van der Waals surface area contributed by atoms with Crippen LogP contribution in [0.3, 0.4) is 0 Å². The quantitative estimate of drug-likeness (QED) is 0.306. The molecule has 4 aromatic carbocycles. The molecule has 1 N–H and O–H groups in total. The zero-order valence-corrected chi connectivity index (χ0v) is 21.0. The largest absolute Gasteiger partial charge is 0.497 e. The molecule has 0 fully saturated rings. The molecule has 37 heavy (non-hydrogen) atoms. The van der Waals surface area contributed by atoms with Crippen molar-refractivity contribution in [2.24, 2.45) is 0 Å². The van der Waals surface area contributed by atoms with Gasteiger partial charge in [0.2, 0.25) is 11.8 Å². The number of ether oxygens (including phenoxy) is 1. The molecule has 4 aromatic rings. The van der Waals surface area contributed by atoms with Crippen LogP contribution in [-0.4, -0.2) is 30.4 Å². The Morgan fingerprint density at radius 2 is 1.30 bits per heavy atom. The summed E-state index contributed by atoms with van der Waals surface area (Å²) in [5.41, 5.74) is 3.76. The van der Waals surface area contributed by atoms with E-state index in [0.29, 0.717) is 19.5 Å². The van der Waals surface area contributed by atoms with Gasteiger partial charge in [0.25, 0.3) is 0 Å². The molecule has 5 heteroatoms. The van der Waals surface area contributed by atoms with E-state index in [-0.39, 0.29) is 18.2 Å². The fourth-order valence-electron chi connectivity index (χ4n) is 4.30. The second-order valence-corrected chi connectivity index (χ2v) is 8.87. The summed E-state index contributed by atoms with van der Waals surface area (Å²) in [6.45, 7) is 0.790. The van der Waals surface area contributed by atoms with Gasteiger partial charge in [-0.1, -0.05) is 103 Å². The molecule has 0 aliphatic heterocycles. The summed E-state index contributed by atoms with van der Waals surface area (Å²) in [6, 6.07) is 36.0. The number of carbonyl (C=O) groups is 2. The molecular weight excluding hydrogens is 460 g/mol. The molecule has 2 amide bonds. The summed E-state index contributed by atoms with van der Waals surface area (Å²) >= 11 is 0. The van der Waals surface area contributed by atoms with Crippen LogP contribution in [-0.2, 0) is 29.0 Å². The Balaban J connectivity index is 1.57. The number of hydrogen-bond acceptors (Lipinski definition) is 3. The van der Waals surface area contributed by atoms with Gasteiger partial charge >= 0.3 is 0 Å². The fraction of sp³-hybridized carbons (Fsp3) is 0.188. The molecule has 0 radical (unpaired) electrons. The molecule has 5 nitrogen and oxygen atoms in total. The smallest absolute Gasteiger partial charge is 0.247 e. The third kappa shape index (κ3) is 7.31. The van der Waals surface area contributed by atoms with Crippen molar-refractivity contribution in [1.29, 1.82) is 0 Å². The van der Waals surface area contributed by atoms with Gasteiger partial charge in [0.05, 0.1) is 13.5 Å². The molecule has 0 spiro atoms. The van der Waals surface area contributed by atoms with Crippen LogP contribution >= 0.6 is 0 Å². The van der Waals surface area contributed by atoms with Crippen molar-refractivity contribution < 1.29 is 14.3 Å². The van der Waals surface area contributed by atoms with E-state index in [4.69, 9.17) is 4.74 Å². The number of rotatable bonds is 11. The lowest BCUT2D eigenvalue weighted by atomic mass is 10.0. The zero-order valence-electron chi connectivity index (χ0n) is 21.0. The molecule has 4 rings (SSSR count). The highest BCUT2D eigenvalue weighted by molar-refractivity contribution is 5.89. The van der Waals surface area contributed by atoms with Crippen molar-refractivity contribution in [3.8, 4) is 5.75 Å². The van der Waals surface area contributed by atoms with Gasteiger partial charge in [0.1, 0.15) is 11.8 Å². The molecule has 0 aromatic heterocycles. The van der Waals surface area contributed by atoms with Crippen LogP contribution in [0.5, 0.6) is 5.75 Å². The molecule has 0 unspecified atom stereocenters. The zero-order chi connectivity index (χ0) is 25.9. The Labute approximate surface area is 218 Å². The molecule has 0 saturated heterocycles. The minimum absolute atomic E-state index is 0.103. The van der Waals surface area contributed by atoms with Crippen molar-refractivity contribution in [1.82, 2.24) is 10.2 Å². The summed E-state index contributed by atoms with van der Waals surface area (Å²) in [5.74, 6) is 0.497. The van der Waals surface area contributed by atoms with Crippen molar-refractivity contribution in [2.45, 2.75) is 25.4 Å². The topological polar surface area (TPSA) is 58.6 Å². The van der Waals surface area contributed by atoms with Crippen LogP contribution in [0.2, 0.25) is 0 Å². The maximum atomic E-state index is 13.7. The number of methoxy groups -OCH3 is 1. The highest BCUT2D eigenvalue weighted by Gasteiger charge is 2.31. The first-order chi connectivity index (χ1) is 18.1. The average Bonchev–Trinajstić information content (AvgIpc) is 2.95. The monoisotopic (exact) mass is 492 g/mol. The van der Waals surface area contributed by atoms with Crippen molar-refractivity contribution in [3.63, 3.8) is 0 Å². The van der Waals surface area contributed by atoms with E-state index in [0.717, 1.165) is 28.0 Å². The van der Waals surface area contributed by atoms with Gasteiger partial charge in [-0.3, -0.25) is 9.59 Å². The molecule has 188 valence electrons. The predicted octanol–water partition coefficient (Wildman–Crippen LogP) is 5.37. The highest BCUT2D eigenvalue weighted by Crippen LogP contribution is 2.25. The first-order valence-corrected chi connectivity index (χ1v) is 12.5. The van der Waals surface area contributed by atoms with Crippen LogP contribution < -0.4 is 10.1 Å². The summed E-state index contributed by atoms with van der Waals surface area (Å²) in [6.07, 6.45) is 0.893. The van der Waals surface area contributed by atoms with Gasteiger partial charge in [-0.05, 0) is 40.8 Å². The van der Waals surface area contributed by atoms with Crippen molar-refractivity contribution in [2.75, 3.05) is 13.7 Å². The Kier molecular flexibility index (Phi) is 9.08. The van der Waals surface area contributed by atoms with Crippen LogP contribution in [0.15, 0.2) is 115 Å². The fourth-order valence-corrected chi connectivity index (χ4v) is 4.30. The molecule has 1 atom stereocenters. The number of hydrogen-bond donors (Lipinski definition) is 1.